The van der Waals surface area contributed by atoms with Crippen LogP contribution in [0.25, 0.3) is 0 Å². The summed E-state index contributed by atoms with van der Waals surface area (Å²) in [7, 11) is 0. The molecule has 0 unspecified atom stereocenters. The van der Waals surface area contributed by atoms with Crippen molar-refractivity contribution >= 4 is 52.5 Å². The quantitative estimate of drug-likeness (QED) is 0.398. The van der Waals surface area contributed by atoms with Crippen LogP contribution in [0.3, 0.4) is 0 Å². The number of ether oxygens (including phenoxy) is 2. The molecule has 0 aliphatic heterocycles. The van der Waals surface area contributed by atoms with Gasteiger partial charge in [-0.2, -0.15) is 0 Å². The maximum atomic E-state index is 10.5. The lowest BCUT2D eigenvalue weighted by molar-refractivity contribution is -0.139. The van der Waals surface area contributed by atoms with E-state index in [2.05, 4.69) is 6.58 Å². The van der Waals surface area contributed by atoms with Gasteiger partial charge in [0.15, 0.2) is 6.61 Å². The summed E-state index contributed by atoms with van der Waals surface area (Å²) in [5.41, 5.74) is 0.878. The summed E-state index contributed by atoms with van der Waals surface area (Å²) in [6.45, 7) is 3.90. The average molecular weight is 434 g/mol. The van der Waals surface area contributed by atoms with Crippen LogP contribution >= 0.6 is 46.6 Å². The third-order valence-electron chi connectivity index (χ3n) is 3.03. The highest BCUT2D eigenvalue weighted by molar-refractivity contribution is 7.99. The number of halogens is 3. The molecule has 2 aromatic carbocycles. The first-order valence-corrected chi connectivity index (χ1v) is 9.48. The van der Waals surface area contributed by atoms with Gasteiger partial charge in [0.2, 0.25) is 0 Å². The first kappa shape index (κ1) is 20.8. The third kappa shape index (κ3) is 6.65. The minimum atomic E-state index is -1.06. The van der Waals surface area contributed by atoms with Crippen molar-refractivity contribution in [3.8, 4) is 11.5 Å². The van der Waals surface area contributed by atoms with Crippen LogP contribution in [0.5, 0.6) is 11.5 Å². The molecule has 1 N–H and O–H groups in total. The summed E-state index contributed by atoms with van der Waals surface area (Å²) in [6, 6.07) is 10.2. The Kier molecular flexibility index (Phi) is 7.97. The van der Waals surface area contributed by atoms with E-state index < -0.39 is 12.6 Å². The van der Waals surface area contributed by atoms with Crippen molar-refractivity contribution in [3.05, 3.63) is 63.6 Å². The summed E-state index contributed by atoms with van der Waals surface area (Å²) in [6.07, 6.45) is 0. The molecule has 0 radical (unpaired) electrons. The van der Waals surface area contributed by atoms with Crippen LogP contribution in [0.2, 0.25) is 15.1 Å². The Morgan fingerprint density at radius 3 is 2.42 bits per heavy atom. The molecule has 0 aromatic heterocycles. The summed E-state index contributed by atoms with van der Waals surface area (Å²) in [5, 5.41) is 9.88. The Bertz CT molecular complexity index is 811. The molecule has 0 heterocycles. The topological polar surface area (TPSA) is 55.8 Å². The number of aliphatic carboxylic acids is 1. The minimum Gasteiger partial charge on any atom is -0.489 e. The third-order valence-corrected chi connectivity index (χ3v) is 5.21. The Morgan fingerprint density at radius 2 is 1.77 bits per heavy atom. The lowest BCUT2D eigenvalue weighted by Crippen LogP contribution is -2.09. The second kappa shape index (κ2) is 9.97. The number of rotatable bonds is 9. The Morgan fingerprint density at radius 1 is 1.00 bits per heavy atom. The molecule has 0 fully saturated rings. The van der Waals surface area contributed by atoms with Crippen LogP contribution in [0.15, 0.2) is 53.4 Å². The molecular weight excluding hydrogens is 419 g/mol. The van der Waals surface area contributed by atoms with E-state index in [0.29, 0.717) is 38.9 Å². The highest BCUT2D eigenvalue weighted by atomic mass is 35.5. The van der Waals surface area contributed by atoms with Gasteiger partial charge >= 0.3 is 5.97 Å². The van der Waals surface area contributed by atoms with E-state index >= 15 is 0 Å². The lowest BCUT2D eigenvalue weighted by Gasteiger charge is -2.10. The molecule has 2 rings (SSSR count). The summed E-state index contributed by atoms with van der Waals surface area (Å²) >= 11 is 19.4. The van der Waals surface area contributed by atoms with Gasteiger partial charge < -0.3 is 14.6 Å². The standard InChI is InChI=1S/C18H15Cl3O4S/c1-11(8-24-12-2-4-14(19)15(20)6-12)10-26-13-3-5-17(16(21)7-13)25-9-18(22)23/h2-7H,1,8-10H2,(H,22,23). The maximum absolute atomic E-state index is 10.5. The van der Waals surface area contributed by atoms with Crippen molar-refractivity contribution in [3.63, 3.8) is 0 Å². The molecule has 0 aliphatic carbocycles. The minimum absolute atomic E-state index is 0.334. The molecule has 138 valence electrons. The molecule has 0 atom stereocenters. The van der Waals surface area contributed by atoms with Gasteiger partial charge in [-0.25, -0.2) is 4.79 Å². The van der Waals surface area contributed by atoms with Gasteiger partial charge in [-0.15, -0.1) is 11.8 Å². The van der Waals surface area contributed by atoms with Crippen molar-refractivity contribution < 1.29 is 19.4 Å². The van der Waals surface area contributed by atoms with Crippen LogP contribution in [0, 0.1) is 0 Å². The van der Waals surface area contributed by atoms with Crippen molar-refractivity contribution in [2.75, 3.05) is 19.0 Å². The van der Waals surface area contributed by atoms with Crippen LogP contribution in [-0.4, -0.2) is 30.0 Å². The van der Waals surface area contributed by atoms with Crippen molar-refractivity contribution in [1.29, 1.82) is 0 Å². The van der Waals surface area contributed by atoms with Crippen molar-refractivity contribution in [1.82, 2.24) is 0 Å². The molecule has 0 spiro atoms. The molecule has 2 aromatic rings. The highest BCUT2D eigenvalue weighted by Gasteiger charge is 2.07. The first-order chi connectivity index (χ1) is 12.3. The number of carboxylic acids is 1. The molecule has 4 nitrogen and oxygen atoms in total. The summed E-state index contributed by atoms with van der Waals surface area (Å²) in [4.78, 5) is 11.4. The van der Waals surface area contributed by atoms with Gasteiger partial charge in [0.1, 0.15) is 18.1 Å². The zero-order valence-corrected chi connectivity index (χ0v) is 16.6. The van der Waals surface area contributed by atoms with E-state index in [4.69, 9.17) is 49.4 Å². The number of carboxylic acid groups (broad SMARTS) is 1. The average Bonchev–Trinajstić information content (AvgIpc) is 2.60. The largest absolute Gasteiger partial charge is 0.489 e. The van der Waals surface area contributed by atoms with Crippen LogP contribution in [-0.2, 0) is 4.79 Å². The zero-order valence-electron chi connectivity index (χ0n) is 13.5. The maximum Gasteiger partial charge on any atom is 0.341 e. The smallest absolute Gasteiger partial charge is 0.341 e. The summed E-state index contributed by atoms with van der Waals surface area (Å²) in [5.74, 6) is 0.527. The monoisotopic (exact) mass is 432 g/mol. The van der Waals surface area contributed by atoms with E-state index in [1.54, 1.807) is 36.4 Å². The first-order valence-electron chi connectivity index (χ1n) is 7.36. The second-order valence-corrected chi connectivity index (χ2v) is 7.45. The zero-order chi connectivity index (χ0) is 19.1. The molecule has 0 saturated carbocycles. The molecule has 0 amide bonds. The fourth-order valence-electron chi connectivity index (χ4n) is 1.81. The van der Waals surface area contributed by atoms with E-state index in [1.165, 1.54) is 11.8 Å². The predicted octanol–water partition coefficient (Wildman–Crippen LogP) is 5.84. The van der Waals surface area contributed by atoms with E-state index in [0.717, 1.165) is 10.5 Å². The fourth-order valence-corrected chi connectivity index (χ4v) is 3.21. The predicted molar refractivity (Wildman–Crippen MR) is 106 cm³/mol. The molecular formula is C18H15Cl3O4S. The molecule has 0 bridgehead atoms. The molecule has 26 heavy (non-hydrogen) atoms. The number of carbonyl (C=O) groups is 1. The lowest BCUT2D eigenvalue weighted by atomic mass is 10.3. The summed E-state index contributed by atoms with van der Waals surface area (Å²) < 4.78 is 10.7. The van der Waals surface area contributed by atoms with E-state index in [1.807, 2.05) is 0 Å². The second-order valence-electron chi connectivity index (χ2n) is 5.18. The van der Waals surface area contributed by atoms with Gasteiger partial charge in [-0.05, 0) is 35.9 Å². The Hall–Kier alpha value is -1.53. The van der Waals surface area contributed by atoms with Gasteiger partial charge in [-0.3, -0.25) is 0 Å². The SMILES string of the molecule is C=C(COc1ccc(Cl)c(Cl)c1)CSc1ccc(OCC(=O)O)c(Cl)c1. The fraction of sp³-hybridized carbons (Fsp3) is 0.167. The molecule has 8 heteroatoms. The van der Waals surface area contributed by atoms with Crippen molar-refractivity contribution in [2.45, 2.75) is 4.90 Å². The van der Waals surface area contributed by atoms with Gasteiger partial charge in [0, 0.05) is 16.7 Å². The van der Waals surface area contributed by atoms with E-state index in [-0.39, 0.29) is 0 Å². The Labute approximate surface area is 170 Å². The van der Waals surface area contributed by atoms with Crippen LogP contribution < -0.4 is 9.47 Å². The van der Waals surface area contributed by atoms with Crippen LogP contribution in [0.4, 0.5) is 0 Å². The van der Waals surface area contributed by atoms with Gasteiger partial charge in [-0.1, -0.05) is 41.4 Å². The van der Waals surface area contributed by atoms with Gasteiger partial charge in [0.25, 0.3) is 0 Å². The highest BCUT2D eigenvalue weighted by Crippen LogP contribution is 2.31. The number of hydrogen-bond donors (Lipinski definition) is 1. The van der Waals surface area contributed by atoms with E-state index in [9.17, 15) is 4.79 Å². The number of thioether (sulfide) groups is 1. The normalized spacial score (nSPS) is 10.4. The Balaban J connectivity index is 1.82. The van der Waals surface area contributed by atoms with Gasteiger partial charge in [0.05, 0.1) is 15.1 Å². The number of benzene rings is 2. The van der Waals surface area contributed by atoms with Crippen molar-refractivity contribution in [2.24, 2.45) is 0 Å². The molecule has 0 aliphatic rings. The number of hydrogen-bond acceptors (Lipinski definition) is 4. The molecule has 0 saturated heterocycles. The van der Waals surface area contributed by atoms with Crippen LogP contribution in [0.1, 0.15) is 0 Å².